The first-order valence-electron chi connectivity index (χ1n) is 23.4. The largest absolute Gasteiger partial charge is 0.314 e. The van der Waals surface area contributed by atoms with Gasteiger partial charge in [-0.05, 0) is 150 Å². The summed E-state index contributed by atoms with van der Waals surface area (Å²) < 4.78 is 0. The minimum atomic E-state index is -0.438. The molecule has 0 N–H and O–H groups in total. The first kappa shape index (κ1) is 39.6. The fraction of sp³-hybridized carbons (Fsp3) is 0.0769. The van der Waals surface area contributed by atoms with Gasteiger partial charge in [0.05, 0.1) is 5.41 Å². The molecule has 0 atom stereocenters. The summed E-state index contributed by atoms with van der Waals surface area (Å²) in [5, 5.41) is 2.74. The normalized spacial score (nSPS) is 15.2. The summed E-state index contributed by atoms with van der Waals surface area (Å²) in [6.07, 6.45) is 19.7. The van der Waals surface area contributed by atoms with Crippen LogP contribution >= 0.6 is 0 Å². The van der Waals surface area contributed by atoms with Crippen LogP contribution in [-0.2, 0) is 5.41 Å². The molecule has 314 valence electrons. The van der Waals surface area contributed by atoms with Crippen molar-refractivity contribution in [2.45, 2.75) is 31.1 Å². The van der Waals surface area contributed by atoms with Gasteiger partial charge >= 0.3 is 0 Å². The Balaban J connectivity index is 1.07. The molecule has 66 heavy (non-hydrogen) atoms. The molecule has 1 spiro atoms. The van der Waals surface area contributed by atoms with Gasteiger partial charge in [-0.3, -0.25) is 0 Å². The molecule has 0 heterocycles. The quantitative estimate of drug-likeness (QED) is 0.131. The van der Waals surface area contributed by atoms with E-state index in [2.05, 4.69) is 242 Å². The van der Waals surface area contributed by atoms with Crippen LogP contribution in [0.1, 0.15) is 59.1 Å². The standard InChI is InChI=1S/C65H49N/c1-2-46(25-17-21-45-19-5-3-6-20-45)55-41-39-51(43-60(55)48-22-7-4-8-23-48)66(50-37-35-49(36-38-50)54-31-18-26-47-24-9-10-27-53(47)54)52-40-42-59-58-30-13-16-34-63(58)65(64(59)44-52)61-32-14-11-28-56(61)57-29-12-15-33-62(57)65/h2-17,19-30,32-35,37,39-44H,1,18,31,36,38H2/b21-17+,46-25+. The SMILES string of the molecule is C=C/C(=C\C=C\c1ccccc1)c1ccc(N(C2=CC=C(C3=c4ccccc4=CCC3)CC2)c2ccc3c(c2)C2(c4ccccc4-c4ccccc42)c2ccccc2-3)cc1-c1ccccc1. The molecule has 0 fully saturated rings. The number of hydrogen-bond donors (Lipinski definition) is 0. The summed E-state index contributed by atoms with van der Waals surface area (Å²) in [5.41, 5.74) is 22.4. The van der Waals surface area contributed by atoms with E-state index in [1.807, 2.05) is 6.08 Å². The number of hydrogen-bond acceptors (Lipinski definition) is 1. The summed E-state index contributed by atoms with van der Waals surface area (Å²) in [7, 11) is 0. The van der Waals surface area contributed by atoms with Crippen molar-refractivity contribution in [2.24, 2.45) is 0 Å². The fourth-order valence-corrected chi connectivity index (χ4v) is 11.4. The Morgan fingerprint density at radius 3 is 1.80 bits per heavy atom. The van der Waals surface area contributed by atoms with Crippen LogP contribution in [0.15, 0.2) is 242 Å². The highest BCUT2D eigenvalue weighted by Crippen LogP contribution is 2.63. The van der Waals surface area contributed by atoms with Gasteiger partial charge in [0.2, 0.25) is 0 Å². The van der Waals surface area contributed by atoms with Gasteiger partial charge in [-0.15, -0.1) is 0 Å². The molecular formula is C65H49N. The third kappa shape index (κ3) is 6.45. The van der Waals surface area contributed by atoms with Crippen LogP contribution in [0.4, 0.5) is 11.4 Å². The van der Waals surface area contributed by atoms with Crippen molar-refractivity contribution >= 4 is 34.7 Å². The van der Waals surface area contributed by atoms with E-state index in [0.717, 1.165) is 53.8 Å². The van der Waals surface area contributed by atoms with Crippen LogP contribution in [-0.4, -0.2) is 0 Å². The van der Waals surface area contributed by atoms with Crippen LogP contribution < -0.4 is 15.3 Å². The molecule has 0 saturated heterocycles. The van der Waals surface area contributed by atoms with E-state index in [1.165, 1.54) is 82.9 Å². The van der Waals surface area contributed by atoms with E-state index < -0.39 is 5.41 Å². The summed E-state index contributed by atoms with van der Waals surface area (Å²) in [4.78, 5) is 2.55. The van der Waals surface area contributed by atoms with Gasteiger partial charge in [0.15, 0.2) is 0 Å². The van der Waals surface area contributed by atoms with Gasteiger partial charge < -0.3 is 4.90 Å². The lowest BCUT2D eigenvalue weighted by atomic mass is 9.70. The lowest BCUT2D eigenvalue weighted by molar-refractivity contribution is 0.793. The second-order valence-electron chi connectivity index (χ2n) is 17.8. The molecule has 0 radical (unpaired) electrons. The molecular weight excluding hydrogens is 795 g/mol. The van der Waals surface area contributed by atoms with Gasteiger partial charge in [0.25, 0.3) is 0 Å². The predicted molar refractivity (Wildman–Crippen MR) is 279 cm³/mol. The maximum atomic E-state index is 4.32. The van der Waals surface area contributed by atoms with E-state index >= 15 is 0 Å². The van der Waals surface area contributed by atoms with Gasteiger partial charge in [0, 0.05) is 17.1 Å². The summed E-state index contributed by atoms with van der Waals surface area (Å²) >= 11 is 0. The third-order valence-corrected chi connectivity index (χ3v) is 14.3. The Kier molecular flexibility index (Phi) is 9.91. The van der Waals surface area contributed by atoms with E-state index in [4.69, 9.17) is 0 Å². The van der Waals surface area contributed by atoms with Crippen molar-refractivity contribution < 1.29 is 0 Å². The summed E-state index contributed by atoms with van der Waals surface area (Å²) in [5.74, 6) is 0. The molecule has 1 nitrogen and oxygen atoms in total. The highest BCUT2D eigenvalue weighted by Gasteiger charge is 2.51. The van der Waals surface area contributed by atoms with E-state index in [9.17, 15) is 0 Å². The topological polar surface area (TPSA) is 3.24 Å². The number of nitrogens with zero attached hydrogens (tertiary/aromatic N) is 1. The summed E-state index contributed by atoms with van der Waals surface area (Å²) in [6, 6.07) is 71.8. The maximum absolute atomic E-state index is 4.32. The van der Waals surface area contributed by atoms with Crippen molar-refractivity contribution in [3.63, 3.8) is 0 Å². The molecule has 0 bridgehead atoms. The fourth-order valence-electron chi connectivity index (χ4n) is 11.4. The zero-order valence-corrected chi connectivity index (χ0v) is 37.0. The molecule has 0 amide bonds. The minimum Gasteiger partial charge on any atom is -0.314 e. The molecule has 0 aliphatic heterocycles. The molecule has 0 unspecified atom stereocenters. The number of benzene rings is 8. The van der Waals surface area contributed by atoms with Gasteiger partial charge in [-0.1, -0.05) is 213 Å². The number of fused-ring (bicyclic) bond motifs is 11. The van der Waals surface area contributed by atoms with Gasteiger partial charge in [-0.2, -0.15) is 0 Å². The molecule has 1 heteroatoms. The Bertz CT molecular complexity index is 3420. The zero-order valence-electron chi connectivity index (χ0n) is 37.0. The molecule has 0 saturated carbocycles. The van der Waals surface area contributed by atoms with Crippen molar-refractivity contribution in [3.8, 4) is 33.4 Å². The second kappa shape index (κ2) is 16.5. The van der Waals surface area contributed by atoms with Gasteiger partial charge in [-0.25, -0.2) is 0 Å². The van der Waals surface area contributed by atoms with Gasteiger partial charge in [0.1, 0.15) is 0 Å². The average Bonchev–Trinajstić information content (AvgIpc) is 3.86. The van der Waals surface area contributed by atoms with Crippen molar-refractivity contribution in [2.75, 3.05) is 4.90 Å². The van der Waals surface area contributed by atoms with Crippen LogP contribution in [0.3, 0.4) is 0 Å². The zero-order chi connectivity index (χ0) is 44.0. The Hall–Kier alpha value is -8.00. The first-order chi connectivity index (χ1) is 32.7. The Labute approximate surface area is 388 Å². The lowest BCUT2D eigenvalue weighted by Gasteiger charge is -2.34. The summed E-state index contributed by atoms with van der Waals surface area (Å²) in [6.45, 7) is 4.32. The number of rotatable bonds is 9. The molecule has 8 aromatic carbocycles. The first-order valence-corrected chi connectivity index (χ1v) is 23.4. The van der Waals surface area contributed by atoms with Crippen LogP contribution in [0.5, 0.6) is 0 Å². The third-order valence-electron chi connectivity index (χ3n) is 14.3. The average molecular weight is 844 g/mol. The van der Waals surface area contributed by atoms with E-state index in [-0.39, 0.29) is 0 Å². The van der Waals surface area contributed by atoms with Crippen molar-refractivity contribution in [3.05, 3.63) is 286 Å². The van der Waals surface area contributed by atoms with Crippen molar-refractivity contribution in [1.29, 1.82) is 0 Å². The minimum absolute atomic E-state index is 0.438. The molecule has 12 rings (SSSR count). The van der Waals surface area contributed by atoms with Crippen LogP contribution in [0.2, 0.25) is 0 Å². The number of allylic oxidation sites excluding steroid dienone is 8. The van der Waals surface area contributed by atoms with E-state index in [1.54, 1.807) is 0 Å². The van der Waals surface area contributed by atoms with Crippen LogP contribution in [0, 0.1) is 0 Å². The highest BCUT2D eigenvalue weighted by atomic mass is 15.1. The smallest absolute Gasteiger partial charge is 0.0726 e. The molecule has 0 aromatic heterocycles. The second-order valence-corrected chi connectivity index (χ2v) is 17.8. The molecule has 4 aliphatic carbocycles. The molecule has 8 aromatic rings. The monoisotopic (exact) mass is 843 g/mol. The predicted octanol–water partition coefficient (Wildman–Crippen LogP) is 15.1. The number of anilines is 2. The van der Waals surface area contributed by atoms with Crippen molar-refractivity contribution in [1.82, 2.24) is 0 Å². The van der Waals surface area contributed by atoms with Crippen LogP contribution in [0.25, 0.3) is 56.7 Å². The molecule has 4 aliphatic rings. The lowest BCUT2D eigenvalue weighted by Crippen LogP contribution is -2.30. The highest BCUT2D eigenvalue weighted by molar-refractivity contribution is 5.96. The Morgan fingerprint density at radius 2 is 1.12 bits per heavy atom. The Morgan fingerprint density at radius 1 is 0.515 bits per heavy atom. The maximum Gasteiger partial charge on any atom is 0.0726 e. The van der Waals surface area contributed by atoms with E-state index in [0.29, 0.717) is 0 Å².